The van der Waals surface area contributed by atoms with Gasteiger partial charge in [0.15, 0.2) is 0 Å². The monoisotopic (exact) mass is 125 g/mol. The van der Waals surface area contributed by atoms with Crippen molar-refractivity contribution < 1.29 is 9.90 Å². The third kappa shape index (κ3) is 1.56. The first-order chi connectivity index (χ1) is 4.30. The molecule has 0 aromatic rings. The molecule has 0 atom stereocenters. The van der Waals surface area contributed by atoms with Crippen LogP contribution in [0.5, 0.6) is 0 Å². The third-order valence-electron chi connectivity index (χ3n) is 1.55. The van der Waals surface area contributed by atoms with Gasteiger partial charge >= 0.3 is 0 Å². The maximum Gasteiger partial charge on any atom is 0.0671 e. The van der Waals surface area contributed by atoms with Gasteiger partial charge < -0.3 is 9.90 Å². The smallest absolute Gasteiger partial charge is 0.0671 e. The van der Waals surface area contributed by atoms with E-state index < -0.39 is 5.97 Å². The number of hydrogen-bond acceptors (Lipinski definition) is 2. The summed E-state index contributed by atoms with van der Waals surface area (Å²) >= 11 is 0. The quantitative estimate of drug-likeness (QED) is 0.503. The zero-order valence-corrected chi connectivity index (χ0v) is 5.22. The van der Waals surface area contributed by atoms with Crippen molar-refractivity contribution in [1.82, 2.24) is 0 Å². The van der Waals surface area contributed by atoms with E-state index in [9.17, 15) is 9.90 Å². The molecule has 50 valence electrons. The molecule has 0 amide bonds. The van der Waals surface area contributed by atoms with Crippen LogP contribution in [-0.4, -0.2) is 5.97 Å². The molecular weight excluding hydrogens is 116 g/mol. The predicted octanol–water partition coefficient (Wildman–Crippen LogP) is 0.237. The van der Waals surface area contributed by atoms with E-state index >= 15 is 0 Å². The van der Waals surface area contributed by atoms with Gasteiger partial charge in [-0.05, 0) is 31.3 Å². The first kappa shape index (κ1) is 6.33. The molecule has 1 aliphatic rings. The first-order valence-electron chi connectivity index (χ1n) is 3.21. The van der Waals surface area contributed by atoms with E-state index in [1.807, 2.05) is 0 Å². The SMILES string of the molecule is O=C([O-])C1=CCCCC1. The lowest BCUT2D eigenvalue weighted by molar-refractivity contribution is -0.299. The first-order valence-corrected chi connectivity index (χ1v) is 3.21. The average Bonchev–Trinajstić information content (AvgIpc) is 1.90. The fourth-order valence-corrected chi connectivity index (χ4v) is 1.02. The van der Waals surface area contributed by atoms with Crippen LogP contribution < -0.4 is 5.11 Å². The summed E-state index contributed by atoms with van der Waals surface area (Å²) in [5.74, 6) is -0.991. The number of carboxylic acid groups (broad SMARTS) is 1. The molecule has 0 fully saturated rings. The predicted molar refractivity (Wildman–Crippen MR) is 31.6 cm³/mol. The molecule has 0 N–H and O–H groups in total. The van der Waals surface area contributed by atoms with E-state index in [-0.39, 0.29) is 0 Å². The summed E-state index contributed by atoms with van der Waals surface area (Å²) in [6.07, 6.45) is 5.49. The lowest BCUT2D eigenvalue weighted by atomic mass is 10.0. The number of allylic oxidation sites excluding steroid dienone is 1. The maximum absolute atomic E-state index is 10.2. The van der Waals surface area contributed by atoms with E-state index in [0.717, 1.165) is 19.3 Å². The maximum atomic E-state index is 10.2. The highest BCUT2D eigenvalue weighted by atomic mass is 16.4. The minimum Gasteiger partial charge on any atom is -0.545 e. The second-order valence-electron chi connectivity index (χ2n) is 2.26. The van der Waals surface area contributed by atoms with E-state index in [1.165, 1.54) is 0 Å². The van der Waals surface area contributed by atoms with Gasteiger partial charge in [0.1, 0.15) is 0 Å². The van der Waals surface area contributed by atoms with Crippen molar-refractivity contribution in [3.8, 4) is 0 Å². The molecule has 0 spiro atoms. The molecule has 9 heavy (non-hydrogen) atoms. The molecule has 0 bridgehead atoms. The number of aliphatic carboxylic acids is 1. The Morgan fingerprint density at radius 3 is 2.67 bits per heavy atom. The van der Waals surface area contributed by atoms with Gasteiger partial charge in [-0.15, -0.1) is 0 Å². The van der Waals surface area contributed by atoms with Crippen molar-refractivity contribution in [3.63, 3.8) is 0 Å². The van der Waals surface area contributed by atoms with Crippen molar-refractivity contribution in [2.24, 2.45) is 0 Å². The van der Waals surface area contributed by atoms with Gasteiger partial charge in [0.05, 0.1) is 5.97 Å². The average molecular weight is 125 g/mol. The molecule has 1 aliphatic carbocycles. The van der Waals surface area contributed by atoms with Gasteiger partial charge in [0, 0.05) is 0 Å². The Hall–Kier alpha value is -0.790. The zero-order valence-electron chi connectivity index (χ0n) is 5.22. The van der Waals surface area contributed by atoms with Crippen LogP contribution in [0.2, 0.25) is 0 Å². The largest absolute Gasteiger partial charge is 0.545 e. The van der Waals surface area contributed by atoms with Crippen molar-refractivity contribution in [2.45, 2.75) is 25.7 Å². The van der Waals surface area contributed by atoms with Crippen molar-refractivity contribution in [1.29, 1.82) is 0 Å². The van der Waals surface area contributed by atoms with Gasteiger partial charge in [-0.1, -0.05) is 6.08 Å². The summed E-state index contributed by atoms with van der Waals surface area (Å²) in [5, 5.41) is 10.2. The second-order valence-corrected chi connectivity index (χ2v) is 2.26. The van der Waals surface area contributed by atoms with E-state index in [4.69, 9.17) is 0 Å². The molecule has 0 saturated heterocycles. The Balaban J connectivity index is 2.57. The Bertz CT molecular complexity index is 147. The molecule has 0 saturated carbocycles. The van der Waals surface area contributed by atoms with Crippen LogP contribution >= 0.6 is 0 Å². The summed E-state index contributed by atoms with van der Waals surface area (Å²) in [4.78, 5) is 10.2. The summed E-state index contributed by atoms with van der Waals surface area (Å²) in [6.45, 7) is 0. The fourth-order valence-electron chi connectivity index (χ4n) is 1.02. The van der Waals surface area contributed by atoms with Gasteiger partial charge in [-0.25, -0.2) is 0 Å². The van der Waals surface area contributed by atoms with Gasteiger partial charge in [-0.2, -0.15) is 0 Å². The van der Waals surface area contributed by atoms with Crippen molar-refractivity contribution in [3.05, 3.63) is 11.6 Å². The van der Waals surface area contributed by atoms with Gasteiger partial charge in [0.25, 0.3) is 0 Å². The Labute approximate surface area is 54.2 Å². The Morgan fingerprint density at radius 1 is 1.56 bits per heavy atom. The fraction of sp³-hybridized carbons (Fsp3) is 0.571. The highest BCUT2D eigenvalue weighted by Crippen LogP contribution is 2.15. The van der Waals surface area contributed by atoms with Crippen LogP contribution in [0.25, 0.3) is 0 Å². The normalized spacial score (nSPS) is 18.9. The summed E-state index contributed by atoms with van der Waals surface area (Å²) in [5.41, 5.74) is 0.487. The topological polar surface area (TPSA) is 40.1 Å². The molecule has 2 heteroatoms. The lowest BCUT2D eigenvalue weighted by Crippen LogP contribution is -2.25. The van der Waals surface area contributed by atoms with E-state index in [1.54, 1.807) is 6.08 Å². The molecule has 2 nitrogen and oxygen atoms in total. The summed E-state index contributed by atoms with van der Waals surface area (Å²) < 4.78 is 0. The molecule has 0 unspecified atom stereocenters. The minimum absolute atomic E-state index is 0.487. The van der Waals surface area contributed by atoms with Crippen LogP contribution in [0.3, 0.4) is 0 Å². The number of carbonyl (C=O) groups is 1. The number of carbonyl (C=O) groups excluding carboxylic acids is 1. The van der Waals surface area contributed by atoms with Crippen LogP contribution in [0, 0.1) is 0 Å². The van der Waals surface area contributed by atoms with Crippen LogP contribution in [0.1, 0.15) is 25.7 Å². The summed E-state index contributed by atoms with van der Waals surface area (Å²) in [6, 6.07) is 0. The van der Waals surface area contributed by atoms with Crippen molar-refractivity contribution in [2.75, 3.05) is 0 Å². The molecule has 1 rings (SSSR count). The molecule has 0 aromatic heterocycles. The highest BCUT2D eigenvalue weighted by Gasteiger charge is 2.02. The molecule has 0 heterocycles. The number of hydrogen-bond donors (Lipinski definition) is 0. The Morgan fingerprint density at radius 2 is 2.33 bits per heavy atom. The highest BCUT2D eigenvalue weighted by molar-refractivity contribution is 5.84. The standard InChI is InChI=1S/C7H10O2/c8-7(9)6-4-2-1-3-5-6/h4H,1-3,5H2,(H,8,9)/p-1. The van der Waals surface area contributed by atoms with Crippen molar-refractivity contribution >= 4 is 5.97 Å². The molecule has 0 aliphatic heterocycles. The minimum atomic E-state index is -0.991. The van der Waals surface area contributed by atoms with Crippen LogP contribution in [0.15, 0.2) is 11.6 Å². The van der Waals surface area contributed by atoms with Crippen LogP contribution in [0.4, 0.5) is 0 Å². The molecular formula is C7H9O2-. The van der Waals surface area contributed by atoms with Gasteiger partial charge in [-0.3, -0.25) is 0 Å². The van der Waals surface area contributed by atoms with Gasteiger partial charge in [0.2, 0.25) is 0 Å². The molecule has 0 radical (unpaired) electrons. The molecule has 0 aromatic carbocycles. The number of carboxylic acids is 1. The third-order valence-corrected chi connectivity index (χ3v) is 1.55. The lowest BCUT2D eigenvalue weighted by Gasteiger charge is -2.12. The van der Waals surface area contributed by atoms with E-state index in [0.29, 0.717) is 12.0 Å². The summed E-state index contributed by atoms with van der Waals surface area (Å²) in [7, 11) is 0. The second kappa shape index (κ2) is 2.67. The zero-order chi connectivity index (χ0) is 6.69. The van der Waals surface area contributed by atoms with Crippen LogP contribution in [-0.2, 0) is 4.79 Å². The van der Waals surface area contributed by atoms with E-state index in [2.05, 4.69) is 0 Å². The Kier molecular flexibility index (Phi) is 1.88. The number of rotatable bonds is 1.